The fourth-order valence-electron chi connectivity index (χ4n) is 2.80. The van der Waals surface area contributed by atoms with Crippen molar-refractivity contribution in [2.24, 2.45) is 0 Å². The van der Waals surface area contributed by atoms with Gasteiger partial charge in [-0.15, -0.1) is 11.3 Å². The van der Waals surface area contributed by atoms with E-state index in [1.54, 1.807) is 0 Å². The number of thiophene rings is 1. The quantitative estimate of drug-likeness (QED) is 0.938. The van der Waals surface area contributed by atoms with Crippen molar-refractivity contribution in [1.82, 2.24) is 14.9 Å². The minimum Gasteiger partial charge on any atom is -0.348 e. The van der Waals surface area contributed by atoms with Crippen LogP contribution in [-0.2, 0) is 19.4 Å². The standard InChI is InChI=1S/C16H22N4OS/c1-11-4-5-12(22-11)10-20-8-6-13-14(7-9-20)17-16(19(2)3)18-15(13)21/h4-5H,6-10H2,1-3H3,(H,17,18,21). The van der Waals surface area contributed by atoms with E-state index in [0.29, 0.717) is 5.95 Å². The molecule has 22 heavy (non-hydrogen) atoms. The third-order valence-corrected chi connectivity index (χ3v) is 5.02. The van der Waals surface area contributed by atoms with Gasteiger partial charge in [-0.2, -0.15) is 0 Å². The molecule has 0 atom stereocenters. The van der Waals surface area contributed by atoms with E-state index in [-0.39, 0.29) is 5.56 Å². The minimum atomic E-state index is 0.0162. The van der Waals surface area contributed by atoms with Gasteiger partial charge in [0.2, 0.25) is 5.95 Å². The molecule has 2 aromatic heterocycles. The fourth-order valence-corrected chi connectivity index (χ4v) is 3.73. The summed E-state index contributed by atoms with van der Waals surface area (Å²) in [5.41, 5.74) is 1.83. The summed E-state index contributed by atoms with van der Waals surface area (Å²) < 4.78 is 0. The molecule has 0 bridgehead atoms. The van der Waals surface area contributed by atoms with E-state index in [0.717, 1.165) is 43.7 Å². The first-order chi connectivity index (χ1) is 10.5. The molecule has 0 unspecified atom stereocenters. The number of nitrogens with zero attached hydrogens (tertiary/aromatic N) is 3. The molecule has 3 heterocycles. The van der Waals surface area contributed by atoms with Gasteiger partial charge in [-0.05, 0) is 25.5 Å². The van der Waals surface area contributed by atoms with E-state index in [1.807, 2.05) is 30.3 Å². The smallest absolute Gasteiger partial charge is 0.255 e. The van der Waals surface area contributed by atoms with Crippen LogP contribution in [0.5, 0.6) is 0 Å². The van der Waals surface area contributed by atoms with Crippen molar-refractivity contribution in [1.29, 1.82) is 0 Å². The highest BCUT2D eigenvalue weighted by molar-refractivity contribution is 7.11. The van der Waals surface area contributed by atoms with Crippen LogP contribution in [0.3, 0.4) is 0 Å². The van der Waals surface area contributed by atoms with Gasteiger partial charge in [0.15, 0.2) is 0 Å². The predicted octanol–water partition coefficient (Wildman–Crippen LogP) is 1.81. The molecule has 3 rings (SSSR count). The average molecular weight is 318 g/mol. The van der Waals surface area contributed by atoms with Crippen molar-refractivity contribution in [2.75, 3.05) is 32.1 Å². The summed E-state index contributed by atoms with van der Waals surface area (Å²) in [5.74, 6) is 0.645. The molecule has 118 valence electrons. The van der Waals surface area contributed by atoms with Crippen LogP contribution in [0.2, 0.25) is 0 Å². The molecule has 0 amide bonds. The molecule has 0 radical (unpaired) electrons. The Hall–Kier alpha value is -1.66. The first-order valence-electron chi connectivity index (χ1n) is 7.60. The molecule has 0 saturated carbocycles. The lowest BCUT2D eigenvalue weighted by molar-refractivity contribution is 0.281. The molecule has 1 N–H and O–H groups in total. The summed E-state index contributed by atoms with van der Waals surface area (Å²) in [6.07, 6.45) is 1.61. The number of nitrogens with one attached hydrogen (secondary N) is 1. The van der Waals surface area contributed by atoms with Crippen LogP contribution in [0.15, 0.2) is 16.9 Å². The van der Waals surface area contributed by atoms with Crippen molar-refractivity contribution < 1.29 is 0 Å². The lowest BCUT2D eigenvalue weighted by atomic mass is 10.1. The number of aromatic amines is 1. The number of anilines is 1. The lowest BCUT2D eigenvalue weighted by Gasteiger charge is -2.18. The zero-order valence-corrected chi connectivity index (χ0v) is 14.2. The molecule has 1 aliphatic rings. The van der Waals surface area contributed by atoms with E-state index in [1.165, 1.54) is 9.75 Å². The zero-order chi connectivity index (χ0) is 15.7. The van der Waals surface area contributed by atoms with Gasteiger partial charge in [0.25, 0.3) is 5.56 Å². The molecule has 2 aromatic rings. The Morgan fingerprint density at radius 3 is 2.77 bits per heavy atom. The van der Waals surface area contributed by atoms with E-state index in [4.69, 9.17) is 0 Å². The van der Waals surface area contributed by atoms with Crippen molar-refractivity contribution in [3.05, 3.63) is 43.5 Å². The third kappa shape index (κ3) is 3.23. The second-order valence-corrected chi connectivity index (χ2v) is 7.37. The van der Waals surface area contributed by atoms with E-state index in [2.05, 4.69) is 33.9 Å². The van der Waals surface area contributed by atoms with E-state index in [9.17, 15) is 4.79 Å². The van der Waals surface area contributed by atoms with Gasteiger partial charge in [-0.25, -0.2) is 4.98 Å². The van der Waals surface area contributed by atoms with Crippen LogP contribution in [0.1, 0.15) is 21.0 Å². The fraction of sp³-hybridized carbons (Fsp3) is 0.500. The van der Waals surface area contributed by atoms with Crippen LogP contribution in [0.25, 0.3) is 0 Å². The molecular weight excluding hydrogens is 296 g/mol. The Kier molecular flexibility index (Phi) is 4.31. The number of aromatic nitrogens is 2. The van der Waals surface area contributed by atoms with E-state index >= 15 is 0 Å². The second kappa shape index (κ2) is 6.22. The topological polar surface area (TPSA) is 52.2 Å². The van der Waals surface area contributed by atoms with Gasteiger partial charge < -0.3 is 4.90 Å². The van der Waals surface area contributed by atoms with Crippen LogP contribution in [0.4, 0.5) is 5.95 Å². The number of fused-ring (bicyclic) bond motifs is 1. The molecule has 1 aliphatic heterocycles. The van der Waals surface area contributed by atoms with Crippen molar-refractivity contribution in [3.8, 4) is 0 Å². The van der Waals surface area contributed by atoms with Gasteiger partial charge >= 0.3 is 0 Å². The minimum absolute atomic E-state index is 0.0162. The molecule has 0 fully saturated rings. The van der Waals surface area contributed by atoms with E-state index < -0.39 is 0 Å². The Morgan fingerprint density at radius 2 is 2.09 bits per heavy atom. The molecule has 5 nitrogen and oxygen atoms in total. The number of hydrogen-bond acceptors (Lipinski definition) is 5. The van der Waals surface area contributed by atoms with Gasteiger partial charge in [-0.1, -0.05) is 0 Å². The highest BCUT2D eigenvalue weighted by atomic mass is 32.1. The molecular formula is C16H22N4OS. The Bertz CT molecular complexity index is 719. The van der Waals surface area contributed by atoms with Crippen LogP contribution in [-0.4, -0.2) is 42.1 Å². The van der Waals surface area contributed by atoms with Crippen molar-refractivity contribution in [3.63, 3.8) is 0 Å². The predicted molar refractivity (Wildman–Crippen MR) is 90.9 cm³/mol. The molecule has 6 heteroatoms. The summed E-state index contributed by atoms with van der Waals surface area (Å²) in [6.45, 7) is 4.97. The third-order valence-electron chi connectivity index (χ3n) is 4.03. The highest BCUT2D eigenvalue weighted by Crippen LogP contribution is 2.19. The van der Waals surface area contributed by atoms with Gasteiger partial charge in [-0.3, -0.25) is 14.7 Å². The second-order valence-electron chi connectivity index (χ2n) is 6.00. The monoisotopic (exact) mass is 318 g/mol. The summed E-state index contributed by atoms with van der Waals surface area (Å²) in [5, 5.41) is 0. The lowest BCUT2D eigenvalue weighted by Crippen LogP contribution is -2.26. The van der Waals surface area contributed by atoms with Gasteiger partial charge in [0.1, 0.15) is 0 Å². The summed E-state index contributed by atoms with van der Waals surface area (Å²) >= 11 is 1.85. The SMILES string of the molecule is Cc1ccc(CN2CCc3nc(N(C)C)[nH]c(=O)c3CC2)s1. The van der Waals surface area contributed by atoms with Crippen molar-refractivity contribution in [2.45, 2.75) is 26.3 Å². The Balaban J connectivity index is 1.77. The first-order valence-corrected chi connectivity index (χ1v) is 8.41. The first kappa shape index (κ1) is 15.2. The molecule has 0 spiro atoms. The van der Waals surface area contributed by atoms with Crippen LogP contribution < -0.4 is 10.5 Å². The summed E-state index contributed by atoms with van der Waals surface area (Å²) in [4.78, 5) is 26.8. The number of rotatable bonds is 3. The zero-order valence-electron chi connectivity index (χ0n) is 13.3. The highest BCUT2D eigenvalue weighted by Gasteiger charge is 2.19. The summed E-state index contributed by atoms with van der Waals surface area (Å²) in [7, 11) is 3.79. The molecule has 0 aliphatic carbocycles. The number of H-pyrrole nitrogens is 1. The van der Waals surface area contributed by atoms with Crippen LogP contribution in [0, 0.1) is 6.92 Å². The maximum atomic E-state index is 12.3. The molecule has 0 aromatic carbocycles. The number of hydrogen-bond donors (Lipinski definition) is 1. The Labute approximate surface area is 134 Å². The number of aryl methyl sites for hydroxylation is 1. The maximum Gasteiger partial charge on any atom is 0.255 e. The van der Waals surface area contributed by atoms with Gasteiger partial charge in [0.05, 0.1) is 5.69 Å². The molecule has 0 saturated heterocycles. The summed E-state index contributed by atoms with van der Waals surface area (Å²) in [6, 6.07) is 4.37. The average Bonchev–Trinajstić information content (AvgIpc) is 2.76. The largest absolute Gasteiger partial charge is 0.348 e. The van der Waals surface area contributed by atoms with Crippen molar-refractivity contribution >= 4 is 17.3 Å². The van der Waals surface area contributed by atoms with Crippen LogP contribution >= 0.6 is 11.3 Å². The van der Waals surface area contributed by atoms with Gasteiger partial charge in [0, 0.05) is 55.5 Å². The Morgan fingerprint density at radius 1 is 1.32 bits per heavy atom. The maximum absolute atomic E-state index is 12.3. The normalized spacial score (nSPS) is 15.4.